The number of hydrogen-bond donors (Lipinski definition) is 1. The highest BCUT2D eigenvalue weighted by atomic mass is 19.4. The van der Waals surface area contributed by atoms with E-state index in [1.54, 1.807) is 30.3 Å². The molecule has 46 heavy (non-hydrogen) atoms. The van der Waals surface area contributed by atoms with Crippen molar-refractivity contribution in [3.05, 3.63) is 71.3 Å². The zero-order valence-corrected chi connectivity index (χ0v) is 25.6. The van der Waals surface area contributed by atoms with Crippen LogP contribution in [-0.2, 0) is 27.9 Å². The first kappa shape index (κ1) is 34.6. The molecule has 0 fully saturated rings. The van der Waals surface area contributed by atoms with Gasteiger partial charge in [-0.3, -0.25) is 10.1 Å². The second kappa shape index (κ2) is 12.5. The van der Waals surface area contributed by atoms with Gasteiger partial charge in [-0.05, 0) is 51.7 Å². The van der Waals surface area contributed by atoms with Crippen molar-refractivity contribution in [2.45, 2.75) is 84.0 Å². The molecule has 4 bridgehead atoms. The minimum Gasteiger partial charge on any atom is -0.444 e. The number of nitrogens with zero attached hydrogens (tertiary/aromatic N) is 3. The number of carbonyl (C=O) groups excluding carboxylic acids is 2. The van der Waals surface area contributed by atoms with Gasteiger partial charge in [-0.15, -0.1) is 10.2 Å². The van der Waals surface area contributed by atoms with E-state index >= 15 is 0 Å². The maximum Gasteiger partial charge on any atom is 0.426 e. The normalized spacial score (nSPS) is 19.0. The summed E-state index contributed by atoms with van der Waals surface area (Å²) in [5.74, 6) is -2.86. The lowest BCUT2D eigenvalue weighted by Gasteiger charge is -2.32. The Balaban J connectivity index is 1.97. The third kappa shape index (κ3) is 7.57. The number of aromatic nitrogens is 3. The Bertz CT molecular complexity index is 1610. The van der Waals surface area contributed by atoms with Gasteiger partial charge in [-0.1, -0.05) is 56.3 Å². The zero-order chi connectivity index (χ0) is 34.1. The van der Waals surface area contributed by atoms with Crippen LogP contribution in [0.3, 0.4) is 0 Å². The van der Waals surface area contributed by atoms with Crippen LogP contribution in [0.15, 0.2) is 53.0 Å². The lowest BCUT2D eigenvalue weighted by Crippen LogP contribution is -2.45. The molecule has 9 nitrogen and oxygen atoms in total. The number of anilines is 1. The smallest absolute Gasteiger partial charge is 0.426 e. The maximum absolute atomic E-state index is 15.0. The van der Waals surface area contributed by atoms with Crippen molar-refractivity contribution in [1.29, 1.82) is 0 Å². The van der Waals surface area contributed by atoms with Crippen LogP contribution in [0.5, 0.6) is 0 Å². The summed E-state index contributed by atoms with van der Waals surface area (Å²) in [6, 6.07) is 8.48. The summed E-state index contributed by atoms with van der Waals surface area (Å²) in [7, 11) is 0. The molecule has 248 valence electrons. The molecule has 2 aromatic heterocycles. The van der Waals surface area contributed by atoms with E-state index in [4.69, 9.17) is 13.9 Å². The fourth-order valence-corrected chi connectivity index (χ4v) is 4.62. The van der Waals surface area contributed by atoms with E-state index < -0.39 is 88.3 Å². The molecule has 3 heterocycles. The Morgan fingerprint density at radius 2 is 1.67 bits per heavy atom. The van der Waals surface area contributed by atoms with Crippen LogP contribution in [0.1, 0.15) is 81.4 Å². The van der Waals surface area contributed by atoms with Gasteiger partial charge in [0.05, 0.1) is 17.9 Å². The molecule has 1 amide bonds. The van der Waals surface area contributed by atoms with E-state index in [0.717, 1.165) is 0 Å². The van der Waals surface area contributed by atoms with E-state index in [-0.39, 0.29) is 12.8 Å². The Labute approximate surface area is 260 Å². The lowest BCUT2D eigenvalue weighted by atomic mass is 9.81. The number of halogens is 6. The van der Waals surface area contributed by atoms with Crippen LogP contribution in [0, 0.1) is 5.41 Å². The average Bonchev–Trinajstić information content (AvgIpc) is 3.42. The predicted octanol–water partition coefficient (Wildman–Crippen LogP) is 8.42. The van der Waals surface area contributed by atoms with Gasteiger partial charge in [-0.2, -0.15) is 26.3 Å². The second-order valence-electron chi connectivity index (χ2n) is 12.3. The summed E-state index contributed by atoms with van der Waals surface area (Å²) in [6.45, 7) is 6.78. The van der Waals surface area contributed by atoms with Gasteiger partial charge in [-0.25, -0.2) is 9.78 Å². The number of nitrogens with one attached hydrogen (secondary N) is 1. The Kier molecular flexibility index (Phi) is 9.40. The Morgan fingerprint density at radius 1 is 1.00 bits per heavy atom. The van der Waals surface area contributed by atoms with Gasteiger partial charge < -0.3 is 13.9 Å². The lowest BCUT2D eigenvalue weighted by molar-refractivity contribution is -0.299. The summed E-state index contributed by atoms with van der Waals surface area (Å²) >= 11 is 0. The molecule has 1 aliphatic heterocycles. The van der Waals surface area contributed by atoms with Crippen molar-refractivity contribution in [2.75, 3.05) is 5.32 Å². The number of hydrogen-bond acceptors (Lipinski definition) is 8. The molecule has 4 rings (SSSR count). The van der Waals surface area contributed by atoms with E-state index in [9.17, 15) is 35.9 Å². The van der Waals surface area contributed by atoms with Crippen molar-refractivity contribution < 1.29 is 49.8 Å². The number of pyridine rings is 1. The van der Waals surface area contributed by atoms with Crippen LogP contribution in [0.2, 0.25) is 0 Å². The number of Topliss-reactive ketones (excluding diaryl/α,β-unsaturated/α-hetero) is 1. The van der Waals surface area contributed by atoms with Crippen LogP contribution >= 0.6 is 0 Å². The van der Waals surface area contributed by atoms with Crippen molar-refractivity contribution >= 4 is 17.6 Å². The fraction of sp³-hybridized carbons (Fsp3) is 0.452. The third-order valence-corrected chi connectivity index (χ3v) is 7.01. The van der Waals surface area contributed by atoms with Crippen LogP contribution in [0.25, 0.3) is 11.6 Å². The number of fused-ring (bicyclic) bond motifs is 5. The molecule has 1 aliphatic rings. The molecule has 1 unspecified atom stereocenters. The molecule has 0 saturated heterocycles. The molecule has 15 heteroatoms. The molecule has 0 spiro atoms. The SMILES string of the molecule is CC(C)(C)OC(=O)Nc1cc(C(F)(F)F)c2nc1-c1nnc(o1)C(OCc1ccccc1)(C(F)(F)F)CCC=CCC(C)(C)C2=O. The number of amides is 1. The van der Waals surface area contributed by atoms with Gasteiger partial charge in [0.15, 0.2) is 11.5 Å². The number of ether oxygens (including phenoxy) is 2. The highest BCUT2D eigenvalue weighted by Gasteiger charge is 2.61. The van der Waals surface area contributed by atoms with Gasteiger partial charge in [0.1, 0.15) is 11.3 Å². The fourth-order valence-electron chi connectivity index (χ4n) is 4.62. The quantitative estimate of drug-likeness (QED) is 0.220. The highest BCUT2D eigenvalue weighted by Crippen LogP contribution is 2.47. The molecular weight excluding hydrogens is 622 g/mol. The van der Waals surface area contributed by atoms with Gasteiger partial charge in [0.2, 0.25) is 5.60 Å². The topological polar surface area (TPSA) is 116 Å². The largest absolute Gasteiger partial charge is 0.444 e. The third-order valence-electron chi connectivity index (χ3n) is 7.01. The Hall–Kier alpha value is -4.27. The molecule has 0 saturated carbocycles. The Morgan fingerprint density at radius 3 is 2.28 bits per heavy atom. The number of carbonyl (C=O) groups is 2. The van der Waals surface area contributed by atoms with Crippen LogP contribution in [0.4, 0.5) is 36.8 Å². The summed E-state index contributed by atoms with van der Waals surface area (Å²) in [4.78, 5) is 30.1. The number of alkyl halides is 6. The molecule has 0 aliphatic carbocycles. The van der Waals surface area contributed by atoms with Crippen LogP contribution in [-0.4, -0.2) is 38.8 Å². The van der Waals surface area contributed by atoms with E-state index in [2.05, 4.69) is 20.5 Å². The van der Waals surface area contributed by atoms with Crippen molar-refractivity contribution in [3.63, 3.8) is 0 Å². The molecule has 0 radical (unpaired) electrons. The minimum atomic E-state index is -5.13. The number of rotatable bonds is 4. The van der Waals surface area contributed by atoms with Gasteiger partial charge in [0, 0.05) is 5.41 Å². The van der Waals surface area contributed by atoms with Gasteiger partial charge >= 0.3 is 18.4 Å². The average molecular weight is 655 g/mol. The molecule has 3 aromatic rings. The molecule has 1 N–H and O–H groups in total. The van der Waals surface area contributed by atoms with E-state index in [0.29, 0.717) is 11.6 Å². The highest BCUT2D eigenvalue weighted by molar-refractivity contribution is 6.01. The summed E-state index contributed by atoms with van der Waals surface area (Å²) < 4.78 is 104. The number of allylic oxidation sites excluding steroid dienone is 2. The maximum atomic E-state index is 15.0. The predicted molar refractivity (Wildman–Crippen MR) is 152 cm³/mol. The molecule has 1 atom stereocenters. The summed E-state index contributed by atoms with van der Waals surface area (Å²) in [5, 5.41) is 9.43. The van der Waals surface area contributed by atoms with Gasteiger partial charge in [0.25, 0.3) is 11.8 Å². The number of benzene rings is 1. The van der Waals surface area contributed by atoms with E-state index in [1.807, 2.05) is 0 Å². The number of ketones is 1. The first-order valence-corrected chi connectivity index (χ1v) is 14.1. The first-order chi connectivity index (χ1) is 21.2. The summed E-state index contributed by atoms with van der Waals surface area (Å²) in [5.41, 5.74) is -9.20. The van der Waals surface area contributed by atoms with Crippen molar-refractivity contribution in [2.24, 2.45) is 5.41 Å². The minimum absolute atomic E-state index is 0.125. The van der Waals surface area contributed by atoms with E-state index in [1.165, 1.54) is 46.8 Å². The second-order valence-corrected chi connectivity index (χ2v) is 12.3. The first-order valence-electron chi connectivity index (χ1n) is 14.1. The summed E-state index contributed by atoms with van der Waals surface area (Å²) in [6.07, 6.45) is -9.74. The molecule has 1 aromatic carbocycles. The zero-order valence-electron chi connectivity index (χ0n) is 25.6. The van der Waals surface area contributed by atoms with Crippen molar-refractivity contribution in [3.8, 4) is 11.6 Å². The monoisotopic (exact) mass is 654 g/mol. The molecular formula is C31H32F6N4O5. The van der Waals surface area contributed by atoms with Crippen molar-refractivity contribution in [1.82, 2.24) is 15.2 Å². The standard InChI is InChI=1S/C31H32F6N4O5/c1-27(2,3)46-26(43)38-20-16-19(30(32,33)34)21-23(42)28(4,5)14-10-7-11-15-29(31(35,36)37,44-17-18-12-8-6-9-13-18)25-41-40-24(45-25)22(20)39-21/h6-10,12-13,16H,11,14-15,17H2,1-5H3,(H,38,43). The van der Waals surface area contributed by atoms with Crippen LogP contribution < -0.4 is 5.32 Å².